The Kier molecular flexibility index (Phi) is 4.04. The molecule has 0 atom stereocenters. The number of anilines is 3. The number of para-hydroxylation sites is 1. The van der Waals surface area contributed by atoms with Crippen LogP contribution in [0.1, 0.15) is 11.1 Å². The molecule has 0 fully saturated rings. The van der Waals surface area contributed by atoms with Gasteiger partial charge >= 0.3 is 6.03 Å². The highest BCUT2D eigenvalue weighted by Gasteiger charge is 2.21. The van der Waals surface area contributed by atoms with Gasteiger partial charge in [0.1, 0.15) is 0 Å². The van der Waals surface area contributed by atoms with Gasteiger partial charge in [0.05, 0.1) is 11.4 Å². The molecule has 3 aromatic rings. The number of hydrogen-bond donors (Lipinski definition) is 2. The summed E-state index contributed by atoms with van der Waals surface area (Å²) >= 11 is 6.11. The maximum absolute atomic E-state index is 11.6. The molecular formula is C20H15ClN3O. The van der Waals surface area contributed by atoms with E-state index < -0.39 is 0 Å². The van der Waals surface area contributed by atoms with Gasteiger partial charge in [-0.05, 0) is 53.9 Å². The van der Waals surface area contributed by atoms with Crippen LogP contribution in [0.3, 0.4) is 0 Å². The molecule has 2 N–H and O–H groups in total. The molecule has 1 aliphatic heterocycles. The Morgan fingerprint density at radius 1 is 1.00 bits per heavy atom. The second-order valence-corrected chi connectivity index (χ2v) is 6.30. The number of carbonyl (C=O) groups is 1. The molecule has 3 aromatic carbocycles. The van der Waals surface area contributed by atoms with Gasteiger partial charge in [-0.15, -0.1) is 0 Å². The lowest BCUT2D eigenvalue weighted by molar-refractivity contribution is 0.256. The molecule has 4 rings (SSSR count). The number of nitrogens with zero attached hydrogens (tertiary/aromatic N) is 1. The largest absolute Gasteiger partial charge is 0.355 e. The van der Waals surface area contributed by atoms with Crippen molar-refractivity contribution in [2.24, 2.45) is 0 Å². The van der Waals surface area contributed by atoms with Gasteiger partial charge < -0.3 is 10.6 Å². The summed E-state index contributed by atoms with van der Waals surface area (Å²) in [6.07, 6.45) is 0.693. The maximum atomic E-state index is 11.6. The number of urea groups is 1. The van der Waals surface area contributed by atoms with Crippen molar-refractivity contribution in [2.75, 3.05) is 10.6 Å². The van der Waals surface area contributed by atoms with E-state index in [1.54, 1.807) is 0 Å². The molecule has 1 aliphatic rings. The van der Waals surface area contributed by atoms with Crippen molar-refractivity contribution in [3.63, 3.8) is 0 Å². The Labute approximate surface area is 150 Å². The average Bonchev–Trinajstić information content (AvgIpc) is 2.95. The van der Waals surface area contributed by atoms with Gasteiger partial charge in [-0.3, -0.25) is 0 Å². The lowest BCUT2D eigenvalue weighted by atomic mass is 10.0. The number of carbonyl (C=O) groups excluding carboxylic acids is 1. The van der Waals surface area contributed by atoms with Crippen LogP contribution in [0.25, 0.3) is 0 Å². The molecule has 123 valence electrons. The van der Waals surface area contributed by atoms with E-state index in [1.165, 1.54) is 0 Å². The maximum Gasteiger partial charge on any atom is 0.346 e. The summed E-state index contributed by atoms with van der Waals surface area (Å²) in [7, 11) is 0. The van der Waals surface area contributed by atoms with E-state index in [0.717, 1.165) is 28.2 Å². The first-order chi connectivity index (χ1) is 12.2. The van der Waals surface area contributed by atoms with Gasteiger partial charge in [0.2, 0.25) is 0 Å². The number of nitrogens with one attached hydrogen (secondary N) is 2. The fourth-order valence-electron chi connectivity index (χ4n) is 2.88. The van der Waals surface area contributed by atoms with Crippen LogP contribution in [-0.4, -0.2) is 6.03 Å². The molecule has 4 nitrogen and oxygen atoms in total. The standard InChI is InChI=1S/C20H15ClN3O/c21-15-6-4-5-13(10-15)9-14-11-18-19(24-20(25)23-18)12-17(14)22-16-7-2-1-3-8-16/h1-8,10-12,22H,9H2,(H,23,25). The highest BCUT2D eigenvalue weighted by molar-refractivity contribution is 6.30. The van der Waals surface area contributed by atoms with Crippen LogP contribution >= 0.6 is 11.6 Å². The number of halogens is 1. The summed E-state index contributed by atoms with van der Waals surface area (Å²) in [5, 5.41) is 10.9. The van der Waals surface area contributed by atoms with Crippen molar-refractivity contribution in [3.05, 3.63) is 82.9 Å². The van der Waals surface area contributed by atoms with Crippen molar-refractivity contribution in [1.82, 2.24) is 5.32 Å². The minimum Gasteiger partial charge on any atom is -0.355 e. The lowest BCUT2D eigenvalue weighted by Crippen LogP contribution is -2.08. The van der Waals surface area contributed by atoms with Crippen LogP contribution < -0.4 is 16.0 Å². The number of benzene rings is 3. The van der Waals surface area contributed by atoms with E-state index in [4.69, 9.17) is 11.6 Å². The molecule has 5 heteroatoms. The summed E-state index contributed by atoms with van der Waals surface area (Å²) in [6, 6.07) is 21.2. The Morgan fingerprint density at radius 2 is 1.84 bits per heavy atom. The summed E-state index contributed by atoms with van der Waals surface area (Å²) in [4.78, 5) is 11.6. The monoisotopic (exact) mass is 348 g/mol. The molecule has 25 heavy (non-hydrogen) atoms. The smallest absolute Gasteiger partial charge is 0.346 e. The third-order valence-electron chi connectivity index (χ3n) is 4.02. The molecule has 0 saturated carbocycles. The van der Waals surface area contributed by atoms with E-state index in [-0.39, 0.29) is 6.03 Å². The predicted molar refractivity (Wildman–Crippen MR) is 101 cm³/mol. The quantitative estimate of drug-likeness (QED) is 0.658. The second-order valence-electron chi connectivity index (χ2n) is 5.87. The summed E-state index contributed by atoms with van der Waals surface area (Å²) < 4.78 is 0. The minimum atomic E-state index is -0.333. The molecule has 0 unspecified atom stereocenters. The Balaban J connectivity index is 1.73. The van der Waals surface area contributed by atoms with E-state index in [1.807, 2.05) is 66.7 Å². The predicted octanol–water partition coefficient (Wildman–Crippen LogP) is 5.46. The Morgan fingerprint density at radius 3 is 2.64 bits per heavy atom. The first kappa shape index (κ1) is 15.5. The highest BCUT2D eigenvalue weighted by Crippen LogP contribution is 2.36. The second kappa shape index (κ2) is 6.49. The van der Waals surface area contributed by atoms with Crippen LogP contribution in [-0.2, 0) is 6.42 Å². The number of fused-ring (bicyclic) bond motifs is 1. The zero-order valence-electron chi connectivity index (χ0n) is 13.3. The van der Waals surface area contributed by atoms with Gasteiger partial charge in [0, 0.05) is 16.4 Å². The van der Waals surface area contributed by atoms with Crippen molar-refractivity contribution in [3.8, 4) is 0 Å². The number of rotatable bonds is 4. The number of hydrogen-bond acceptors (Lipinski definition) is 2. The normalized spacial score (nSPS) is 12.3. The SMILES string of the molecule is O=C1[N]c2cc(Nc3ccccc3)c(Cc3cccc(Cl)c3)cc2N1. The molecule has 0 aromatic heterocycles. The average molecular weight is 349 g/mol. The summed E-state index contributed by atoms with van der Waals surface area (Å²) in [6.45, 7) is 0. The van der Waals surface area contributed by atoms with Gasteiger partial charge in [-0.1, -0.05) is 41.9 Å². The van der Waals surface area contributed by atoms with Crippen molar-refractivity contribution >= 4 is 40.4 Å². The highest BCUT2D eigenvalue weighted by atomic mass is 35.5. The van der Waals surface area contributed by atoms with Gasteiger partial charge in [0.15, 0.2) is 0 Å². The van der Waals surface area contributed by atoms with Crippen molar-refractivity contribution in [2.45, 2.75) is 6.42 Å². The zero-order valence-corrected chi connectivity index (χ0v) is 14.0. The van der Waals surface area contributed by atoms with Crippen LogP contribution in [0.4, 0.5) is 27.5 Å². The first-order valence-corrected chi connectivity index (χ1v) is 8.31. The third kappa shape index (κ3) is 3.44. The van der Waals surface area contributed by atoms with Crippen molar-refractivity contribution < 1.29 is 4.79 Å². The van der Waals surface area contributed by atoms with Crippen LogP contribution in [0, 0.1) is 0 Å². The van der Waals surface area contributed by atoms with Crippen molar-refractivity contribution in [1.29, 1.82) is 0 Å². The molecule has 1 radical (unpaired) electrons. The van der Waals surface area contributed by atoms with Gasteiger partial charge in [-0.25, -0.2) is 4.79 Å². The first-order valence-electron chi connectivity index (χ1n) is 7.93. The summed E-state index contributed by atoms with van der Waals surface area (Å²) in [5.74, 6) is 0. The van der Waals surface area contributed by atoms with Crippen LogP contribution in [0.2, 0.25) is 5.02 Å². The Bertz CT molecular complexity index is 941. The van der Waals surface area contributed by atoms with Crippen LogP contribution in [0.15, 0.2) is 66.7 Å². The van der Waals surface area contributed by atoms with Gasteiger partial charge in [-0.2, -0.15) is 5.32 Å². The molecule has 0 spiro atoms. The molecule has 0 aliphatic carbocycles. The third-order valence-corrected chi connectivity index (χ3v) is 4.26. The molecule has 0 bridgehead atoms. The molecule has 1 heterocycles. The van der Waals surface area contributed by atoms with E-state index in [2.05, 4.69) is 16.0 Å². The number of amides is 2. The Hall–Kier alpha value is -2.98. The topological polar surface area (TPSA) is 55.2 Å². The van der Waals surface area contributed by atoms with E-state index in [0.29, 0.717) is 17.1 Å². The minimum absolute atomic E-state index is 0.333. The van der Waals surface area contributed by atoms with Gasteiger partial charge in [0.25, 0.3) is 0 Å². The molecule has 2 amide bonds. The van der Waals surface area contributed by atoms with E-state index in [9.17, 15) is 4.79 Å². The molecular weight excluding hydrogens is 334 g/mol. The zero-order chi connectivity index (χ0) is 17.2. The summed E-state index contributed by atoms with van der Waals surface area (Å²) in [5.41, 5.74) is 5.45. The molecule has 0 saturated heterocycles. The van der Waals surface area contributed by atoms with E-state index >= 15 is 0 Å². The fraction of sp³-hybridized carbons (Fsp3) is 0.0500. The van der Waals surface area contributed by atoms with Crippen LogP contribution in [0.5, 0.6) is 0 Å². The fourth-order valence-corrected chi connectivity index (χ4v) is 3.10. The lowest BCUT2D eigenvalue weighted by Gasteiger charge is -2.14.